The zero-order valence-corrected chi connectivity index (χ0v) is 7.58. The van der Waals surface area contributed by atoms with Gasteiger partial charge in [-0.1, -0.05) is 6.07 Å². The lowest BCUT2D eigenvalue weighted by molar-refractivity contribution is -0.116. The van der Waals surface area contributed by atoms with Crippen molar-refractivity contribution in [2.75, 3.05) is 0 Å². The molecule has 0 aromatic heterocycles. The highest BCUT2D eigenvalue weighted by Crippen LogP contribution is 2.21. The van der Waals surface area contributed by atoms with Crippen LogP contribution >= 0.6 is 0 Å². The Morgan fingerprint density at radius 3 is 2.57 bits per heavy atom. The second-order valence-electron chi connectivity index (χ2n) is 2.94. The van der Waals surface area contributed by atoms with Crippen LogP contribution in [-0.2, 0) is 4.79 Å². The number of rotatable bonds is 3. The third kappa shape index (κ3) is 2.16. The number of halogens is 1. The van der Waals surface area contributed by atoms with Gasteiger partial charge in [-0.2, -0.15) is 0 Å². The maximum absolute atomic E-state index is 13.1. The molecule has 0 atom stereocenters. The Kier molecular flexibility index (Phi) is 2.96. The van der Waals surface area contributed by atoms with E-state index in [-0.39, 0.29) is 5.78 Å². The number of carbonyl (C=O) groups excluding carboxylic acids is 2. The third-order valence-electron chi connectivity index (χ3n) is 1.68. The van der Waals surface area contributed by atoms with E-state index in [1.165, 1.54) is 19.1 Å². The van der Waals surface area contributed by atoms with Gasteiger partial charge in [0.05, 0.1) is 12.0 Å². The van der Waals surface area contributed by atoms with Crippen molar-refractivity contribution in [3.05, 3.63) is 29.6 Å². The van der Waals surface area contributed by atoms with Crippen molar-refractivity contribution in [2.45, 2.75) is 13.3 Å². The van der Waals surface area contributed by atoms with Gasteiger partial charge in [-0.25, -0.2) is 4.39 Å². The zero-order chi connectivity index (χ0) is 10.7. The zero-order valence-electron chi connectivity index (χ0n) is 7.58. The molecule has 1 rings (SSSR count). The third-order valence-corrected chi connectivity index (χ3v) is 1.68. The molecule has 0 aliphatic carbocycles. The van der Waals surface area contributed by atoms with Crippen molar-refractivity contribution >= 4 is 11.6 Å². The maximum Gasteiger partial charge on any atom is 0.176 e. The number of phenolic OH excluding ortho intramolecular Hbond substituents is 1. The summed E-state index contributed by atoms with van der Waals surface area (Å²) in [5, 5.41) is 9.20. The summed E-state index contributed by atoms with van der Waals surface area (Å²) in [4.78, 5) is 21.9. The van der Waals surface area contributed by atoms with Gasteiger partial charge < -0.3 is 5.11 Å². The minimum Gasteiger partial charge on any atom is -0.507 e. The Labute approximate surface area is 80.2 Å². The van der Waals surface area contributed by atoms with Gasteiger partial charge in [0.1, 0.15) is 17.3 Å². The summed E-state index contributed by atoms with van der Waals surface area (Å²) in [6.07, 6.45) is -0.394. The van der Waals surface area contributed by atoms with Crippen LogP contribution in [0.1, 0.15) is 23.7 Å². The van der Waals surface area contributed by atoms with Crippen LogP contribution in [0.5, 0.6) is 5.75 Å². The monoisotopic (exact) mass is 196 g/mol. The van der Waals surface area contributed by atoms with Gasteiger partial charge >= 0.3 is 0 Å². The normalized spacial score (nSPS) is 9.86. The lowest BCUT2D eigenvalue weighted by Gasteiger charge is -2.02. The molecule has 0 bridgehead atoms. The van der Waals surface area contributed by atoms with Crippen LogP contribution < -0.4 is 0 Å². The van der Waals surface area contributed by atoms with E-state index in [0.717, 1.165) is 6.07 Å². The molecule has 0 aliphatic rings. The molecule has 0 unspecified atom stereocenters. The molecule has 0 radical (unpaired) electrons. The second-order valence-corrected chi connectivity index (χ2v) is 2.94. The molecule has 0 saturated carbocycles. The first-order chi connectivity index (χ1) is 6.52. The van der Waals surface area contributed by atoms with Crippen LogP contribution in [0.25, 0.3) is 0 Å². The molecule has 0 fully saturated rings. The van der Waals surface area contributed by atoms with Crippen molar-refractivity contribution < 1.29 is 19.1 Å². The first-order valence-electron chi connectivity index (χ1n) is 4.02. The average Bonchev–Trinajstić information content (AvgIpc) is 2.01. The van der Waals surface area contributed by atoms with E-state index in [1.54, 1.807) is 0 Å². The Bertz CT molecular complexity index is 365. The van der Waals surface area contributed by atoms with E-state index in [4.69, 9.17) is 0 Å². The summed E-state index contributed by atoms with van der Waals surface area (Å²) < 4.78 is 13.1. The molecule has 1 aromatic rings. The van der Waals surface area contributed by atoms with Crippen molar-refractivity contribution in [2.24, 2.45) is 0 Å². The quantitative estimate of drug-likeness (QED) is 0.591. The molecular formula is C10H9FO3. The molecule has 0 heterocycles. The molecule has 3 nitrogen and oxygen atoms in total. The highest BCUT2D eigenvalue weighted by Gasteiger charge is 2.17. The van der Waals surface area contributed by atoms with Gasteiger partial charge in [0, 0.05) is 0 Å². The predicted octanol–water partition coefficient (Wildman–Crippen LogP) is 1.69. The van der Waals surface area contributed by atoms with Gasteiger partial charge in [-0.15, -0.1) is 0 Å². The van der Waals surface area contributed by atoms with E-state index in [1.807, 2.05) is 0 Å². The number of hydrogen-bond donors (Lipinski definition) is 1. The fraction of sp³-hybridized carbons (Fsp3) is 0.200. The number of aromatic hydroxyl groups is 1. The number of Topliss-reactive ketones (excluding diaryl/α,β-unsaturated/α-hetero) is 2. The smallest absolute Gasteiger partial charge is 0.176 e. The largest absolute Gasteiger partial charge is 0.507 e. The second kappa shape index (κ2) is 4.00. The van der Waals surface area contributed by atoms with Crippen molar-refractivity contribution in [1.82, 2.24) is 0 Å². The summed E-state index contributed by atoms with van der Waals surface area (Å²) in [5.41, 5.74) is -0.414. The lowest BCUT2D eigenvalue weighted by Crippen LogP contribution is -2.07. The predicted molar refractivity (Wildman–Crippen MR) is 47.7 cm³/mol. The molecule has 1 N–H and O–H groups in total. The number of benzene rings is 1. The molecule has 0 spiro atoms. The summed E-state index contributed by atoms with van der Waals surface area (Å²) in [6, 6.07) is 3.55. The number of phenols is 1. The highest BCUT2D eigenvalue weighted by atomic mass is 19.1. The molecule has 4 heteroatoms. The summed E-state index contributed by atoms with van der Waals surface area (Å²) in [6.45, 7) is 1.23. The number of hydrogen-bond acceptors (Lipinski definition) is 3. The Morgan fingerprint density at radius 2 is 2.07 bits per heavy atom. The van der Waals surface area contributed by atoms with Crippen LogP contribution in [0.2, 0.25) is 0 Å². The van der Waals surface area contributed by atoms with Gasteiger partial charge in [0.2, 0.25) is 0 Å². The average molecular weight is 196 g/mol. The Hall–Kier alpha value is -1.71. The first-order valence-corrected chi connectivity index (χ1v) is 4.02. The highest BCUT2D eigenvalue weighted by molar-refractivity contribution is 6.08. The van der Waals surface area contributed by atoms with Crippen LogP contribution in [0.4, 0.5) is 4.39 Å². The number of ketones is 2. The molecule has 0 saturated heterocycles. The van der Waals surface area contributed by atoms with Crippen molar-refractivity contribution in [3.8, 4) is 5.75 Å². The summed E-state index contributed by atoms with van der Waals surface area (Å²) in [5.74, 6) is -2.31. The van der Waals surface area contributed by atoms with Gasteiger partial charge in [-0.05, 0) is 19.1 Å². The van der Waals surface area contributed by atoms with Crippen LogP contribution in [0, 0.1) is 5.82 Å². The van der Waals surface area contributed by atoms with Crippen molar-refractivity contribution in [1.29, 1.82) is 0 Å². The van der Waals surface area contributed by atoms with E-state index >= 15 is 0 Å². The molecular weight excluding hydrogens is 187 g/mol. The Morgan fingerprint density at radius 1 is 1.43 bits per heavy atom. The van der Waals surface area contributed by atoms with E-state index in [9.17, 15) is 19.1 Å². The summed E-state index contributed by atoms with van der Waals surface area (Å²) >= 11 is 0. The maximum atomic E-state index is 13.1. The standard InChI is InChI=1S/C10H9FO3/c1-6(12)5-9(14)10-7(11)3-2-4-8(10)13/h2-4,13H,5H2,1H3. The molecule has 14 heavy (non-hydrogen) atoms. The van der Waals surface area contributed by atoms with Crippen LogP contribution in [0.3, 0.4) is 0 Å². The van der Waals surface area contributed by atoms with Gasteiger partial charge in [-0.3, -0.25) is 9.59 Å². The van der Waals surface area contributed by atoms with E-state index in [0.29, 0.717) is 0 Å². The van der Waals surface area contributed by atoms with Gasteiger partial charge in [0.15, 0.2) is 5.78 Å². The molecule has 74 valence electrons. The van der Waals surface area contributed by atoms with Crippen molar-refractivity contribution in [3.63, 3.8) is 0 Å². The summed E-state index contributed by atoms with van der Waals surface area (Å²) in [7, 11) is 0. The lowest BCUT2D eigenvalue weighted by atomic mass is 10.1. The molecule has 1 aromatic carbocycles. The van der Waals surface area contributed by atoms with Gasteiger partial charge in [0.25, 0.3) is 0 Å². The SMILES string of the molecule is CC(=O)CC(=O)c1c(O)cccc1F. The number of carbonyl (C=O) groups is 2. The minimum atomic E-state index is -0.809. The van der Waals surface area contributed by atoms with Crippen LogP contribution in [0.15, 0.2) is 18.2 Å². The molecule has 0 amide bonds. The molecule has 0 aliphatic heterocycles. The fourth-order valence-corrected chi connectivity index (χ4v) is 1.10. The Balaban J connectivity index is 3.06. The minimum absolute atomic E-state index is 0.363. The van der Waals surface area contributed by atoms with Crippen LogP contribution in [-0.4, -0.2) is 16.7 Å². The van der Waals surface area contributed by atoms with E-state index in [2.05, 4.69) is 0 Å². The fourth-order valence-electron chi connectivity index (χ4n) is 1.10. The first kappa shape index (κ1) is 10.4. The topological polar surface area (TPSA) is 54.4 Å². The van der Waals surface area contributed by atoms with E-state index < -0.39 is 29.3 Å².